The highest BCUT2D eigenvalue weighted by Crippen LogP contribution is 2.34. The molecule has 2 unspecified atom stereocenters. The molecule has 5 heteroatoms. The maximum absolute atomic E-state index is 5.40. The fourth-order valence-corrected chi connectivity index (χ4v) is 2.25. The molecule has 5 nitrogen and oxygen atoms in total. The average Bonchev–Trinajstić information content (AvgIpc) is 3.09. The molecule has 1 aromatic heterocycles. The van der Waals surface area contributed by atoms with E-state index in [0.717, 1.165) is 17.2 Å². The number of ether oxygens (including phenoxy) is 2. The van der Waals surface area contributed by atoms with Gasteiger partial charge < -0.3 is 14.8 Å². The van der Waals surface area contributed by atoms with Crippen LogP contribution in [-0.2, 0) is 0 Å². The van der Waals surface area contributed by atoms with Crippen LogP contribution in [0.25, 0.3) is 0 Å². The van der Waals surface area contributed by atoms with Crippen LogP contribution < -0.4 is 14.8 Å². The zero-order chi connectivity index (χ0) is 13.2. The number of nitrogens with one attached hydrogen (secondary N) is 2. The van der Waals surface area contributed by atoms with Gasteiger partial charge in [0.2, 0.25) is 6.79 Å². The molecule has 1 aliphatic rings. The van der Waals surface area contributed by atoms with Gasteiger partial charge in [0.1, 0.15) is 0 Å². The molecule has 2 aromatic rings. The van der Waals surface area contributed by atoms with Gasteiger partial charge in [0.25, 0.3) is 0 Å². The number of H-pyrrole nitrogens is 1. The summed E-state index contributed by atoms with van der Waals surface area (Å²) < 4.78 is 10.7. The van der Waals surface area contributed by atoms with Crippen LogP contribution in [0.4, 0.5) is 0 Å². The van der Waals surface area contributed by atoms with Crippen molar-refractivity contribution >= 4 is 0 Å². The average molecular weight is 259 g/mol. The molecule has 19 heavy (non-hydrogen) atoms. The molecule has 100 valence electrons. The number of aromatic amines is 1. The van der Waals surface area contributed by atoms with Crippen LogP contribution in [-0.4, -0.2) is 17.0 Å². The predicted molar refractivity (Wildman–Crippen MR) is 71.1 cm³/mol. The van der Waals surface area contributed by atoms with Crippen molar-refractivity contribution in [2.24, 2.45) is 0 Å². The van der Waals surface area contributed by atoms with Crippen LogP contribution in [0.1, 0.15) is 37.2 Å². The lowest BCUT2D eigenvalue weighted by Gasteiger charge is -2.19. The number of hydrogen-bond donors (Lipinski definition) is 2. The molecule has 0 amide bonds. The standard InChI is InChI=1S/C14H17N3O2/c1-9(16-10(2)12-5-6-15-17-12)11-3-4-13-14(7-11)19-8-18-13/h3-7,9-10,16H,8H2,1-2H3,(H,15,17). The lowest BCUT2D eigenvalue weighted by atomic mass is 10.1. The van der Waals surface area contributed by atoms with Crippen LogP contribution in [0.2, 0.25) is 0 Å². The van der Waals surface area contributed by atoms with Crippen molar-refractivity contribution < 1.29 is 9.47 Å². The van der Waals surface area contributed by atoms with E-state index in [1.165, 1.54) is 5.56 Å². The van der Waals surface area contributed by atoms with Crippen LogP contribution in [0.5, 0.6) is 11.5 Å². The first kappa shape index (κ1) is 12.0. The topological polar surface area (TPSA) is 59.2 Å². The Kier molecular flexibility index (Phi) is 3.13. The summed E-state index contributed by atoms with van der Waals surface area (Å²) in [5, 5.41) is 10.5. The highest BCUT2D eigenvalue weighted by molar-refractivity contribution is 5.45. The van der Waals surface area contributed by atoms with Gasteiger partial charge in [-0.3, -0.25) is 5.10 Å². The van der Waals surface area contributed by atoms with Gasteiger partial charge in [-0.25, -0.2) is 0 Å². The molecular formula is C14H17N3O2. The molecule has 0 bridgehead atoms. The van der Waals surface area contributed by atoms with Crippen molar-refractivity contribution in [2.45, 2.75) is 25.9 Å². The van der Waals surface area contributed by atoms with Crippen molar-refractivity contribution in [1.29, 1.82) is 0 Å². The Labute approximate surface area is 111 Å². The van der Waals surface area contributed by atoms with Crippen LogP contribution in [0.15, 0.2) is 30.5 Å². The first-order valence-corrected chi connectivity index (χ1v) is 6.39. The summed E-state index contributed by atoms with van der Waals surface area (Å²) in [5.74, 6) is 1.64. The van der Waals surface area contributed by atoms with Crippen LogP contribution in [0.3, 0.4) is 0 Å². The molecule has 3 rings (SSSR count). The fourth-order valence-electron chi connectivity index (χ4n) is 2.25. The summed E-state index contributed by atoms with van der Waals surface area (Å²) in [6.45, 7) is 4.55. The van der Waals surface area contributed by atoms with E-state index in [1.807, 2.05) is 18.2 Å². The van der Waals surface area contributed by atoms with E-state index >= 15 is 0 Å². The molecule has 2 heterocycles. The van der Waals surface area contributed by atoms with Gasteiger partial charge in [-0.15, -0.1) is 0 Å². The van der Waals surface area contributed by atoms with E-state index in [9.17, 15) is 0 Å². The fraction of sp³-hybridized carbons (Fsp3) is 0.357. The largest absolute Gasteiger partial charge is 0.454 e. The number of fused-ring (bicyclic) bond motifs is 1. The van der Waals surface area contributed by atoms with Gasteiger partial charge in [0.15, 0.2) is 11.5 Å². The minimum Gasteiger partial charge on any atom is -0.454 e. The second kappa shape index (κ2) is 4.93. The Morgan fingerprint density at radius 3 is 2.79 bits per heavy atom. The van der Waals surface area contributed by atoms with Gasteiger partial charge >= 0.3 is 0 Å². The number of aromatic nitrogens is 2. The third kappa shape index (κ3) is 2.42. The van der Waals surface area contributed by atoms with Crippen molar-refractivity contribution in [3.05, 3.63) is 41.7 Å². The van der Waals surface area contributed by atoms with Crippen LogP contribution >= 0.6 is 0 Å². The second-order valence-electron chi connectivity index (χ2n) is 4.73. The van der Waals surface area contributed by atoms with Gasteiger partial charge in [0.05, 0.1) is 5.69 Å². The zero-order valence-corrected chi connectivity index (χ0v) is 11.0. The molecule has 0 spiro atoms. The third-order valence-electron chi connectivity index (χ3n) is 3.39. The number of hydrogen-bond acceptors (Lipinski definition) is 4. The summed E-state index contributed by atoms with van der Waals surface area (Å²) >= 11 is 0. The molecule has 0 aliphatic carbocycles. The van der Waals surface area contributed by atoms with E-state index in [0.29, 0.717) is 6.79 Å². The SMILES string of the molecule is CC(NC(C)c1ccn[nH]1)c1ccc2c(c1)OCO2. The van der Waals surface area contributed by atoms with Crippen molar-refractivity contribution in [2.75, 3.05) is 6.79 Å². The smallest absolute Gasteiger partial charge is 0.231 e. The maximum atomic E-state index is 5.40. The lowest BCUT2D eigenvalue weighted by Crippen LogP contribution is -2.22. The van der Waals surface area contributed by atoms with E-state index in [-0.39, 0.29) is 12.1 Å². The Hall–Kier alpha value is -2.01. The van der Waals surface area contributed by atoms with Crippen molar-refractivity contribution in [1.82, 2.24) is 15.5 Å². The first-order valence-electron chi connectivity index (χ1n) is 6.39. The highest BCUT2D eigenvalue weighted by Gasteiger charge is 2.17. The van der Waals surface area contributed by atoms with Crippen LogP contribution in [0, 0.1) is 0 Å². The Morgan fingerprint density at radius 1 is 1.16 bits per heavy atom. The molecule has 1 aromatic carbocycles. The maximum Gasteiger partial charge on any atom is 0.231 e. The van der Waals surface area contributed by atoms with E-state index in [2.05, 4.69) is 35.4 Å². The molecule has 2 atom stereocenters. The normalized spacial score (nSPS) is 16.3. The number of rotatable bonds is 4. The molecule has 1 aliphatic heterocycles. The van der Waals surface area contributed by atoms with Gasteiger partial charge in [0, 0.05) is 18.3 Å². The number of benzene rings is 1. The van der Waals surface area contributed by atoms with E-state index < -0.39 is 0 Å². The lowest BCUT2D eigenvalue weighted by molar-refractivity contribution is 0.174. The predicted octanol–water partition coefficient (Wildman–Crippen LogP) is 2.55. The van der Waals surface area contributed by atoms with Crippen molar-refractivity contribution in [3.8, 4) is 11.5 Å². The third-order valence-corrected chi connectivity index (χ3v) is 3.39. The summed E-state index contributed by atoms with van der Waals surface area (Å²) in [5.41, 5.74) is 2.25. The summed E-state index contributed by atoms with van der Waals surface area (Å²) in [4.78, 5) is 0. The summed E-state index contributed by atoms with van der Waals surface area (Å²) in [6.07, 6.45) is 1.76. The monoisotopic (exact) mass is 259 g/mol. The second-order valence-corrected chi connectivity index (χ2v) is 4.73. The first-order chi connectivity index (χ1) is 9.24. The number of nitrogens with zero attached hydrogens (tertiary/aromatic N) is 1. The molecule has 0 saturated carbocycles. The van der Waals surface area contributed by atoms with E-state index in [4.69, 9.17) is 9.47 Å². The molecule has 2 N–H and O–H groups in total. The Bertz CT molecular complexity index is 554. The van der Waals surface area contributed by atoms with E-state index in [1.54, 1.807) is 6.20 Å². The minimum absolute atomic E-state index is 0.211. The van der Waals surface area contributed by atoms with Gasteiger partial charge in [-0.1, -0.05) is 6.07 Å². The highest BCUT2D eigenvalue weighted by atomic mass is 16.7. The van der Waals surface area contributed by atoms with Gasteiger partial charge in [-0.05, 0) is 37.6 Å². The molecular weight excluding hydrogens is 242 g/mol. The molecule has 0 radical (unpaired) electrons. The minimum atomic E-state index is 0.211. The summed E-state index contributed by atoms with van der Waals surface area (Å²) in [6, 6.07) is 8.45. The Balaban J connectivity index is 1.72. The molecule has 0 fully saturated rings. The Morgan fingerprint density at radius 2 is 2.00 bits per heavy atom. The quantitative estimate of drug-likeness (QED) is 0.886. The van der Waals surface area contributed by atoms with Gasteiger partial charge in [-0.2, -0.15) is 5.10 Å². The zero-order valence-electron chi connectivity index (χ0n) is 11.0. The molecule has 0 saturated heterocycles. The summed E-state index contributed by atoms with van der Waals surface area (Å²) in [7, 11) is 0. The van der Waals surface area contributed by atoms with Crippen molar-refractivity contribution in [3.63, 3.8) is 0 Å².